The lowest BCUT2D eigenvalue weighted by Gasteiger charge is -2.23. The van der Waals surface area contributed by atoms with E-state index in [9.17, 15) is 4.79 Å². The van der Waals surface area contributed by atoms with Crippen molar-refractivity contribution >= 4 is 22.5 Å². The fraction of sp³-hybridized carbons (Fsp3) is 0.174. The minimum atomic E-state index is 0.0555. The van der Waals surface area contributed by atoms with Gasteiger partial charge in [0.2, 0.25) is 0 Å². The molecule has 1 amide bonds. The highest BCUT2D eigenvalue weighted by molar-refractivity contribution is 6.07. The van der Waals surface area contributed by atoms with Gasteiger partial charge >= 0.3 is 0 Å². The Morgan fingerprint density at radius 2 is 1.93 bits per heavy atom. The molecule has 3 heterocycles. The van der Waals surface area contributed by atoms with Gasteiger partial charge in [0, 0.05) is 43.2 Å². The number of fused-ring (bicyclic) bond motifs is 2. The van der Waals surface area contributed by atoms with Gasteiger partial charge in [-0.05, 0) is 22.9 Å². The molecule has 6 nitrogen and oxygen atoms in total. The Hall–Kier alpha value is -3.67. The Balaban J connectivity index is 1.47. The van der Waals surface area contributed by atoms with E-state index in [-0.39, 0.29) is 5.91 Å². The van der Waals surface area contributed by atoms with Crippen molar-refractivity contribution in [2.45, 2.75) is 13.1 Å². The van der Waals surface area contributed by atoms with E-state index in [1.54, 1.807) is 12.5 Å². The first kappa shape index (κ1) is 17.4. The van der Waals surface area contributed by atoms with E-state index < -0.39 is 0 Å². The van der Waals surface area contributed by atoms with Gasteiger partial charge in [0.15, 0.2) is 0 Å². The number of rotatable bonds is 3. The molecule has 0 saturated heterocycles. The number of aromatic nitrogens is 3. The molecule has 5 rings (SSSR count). The molecular formula is C23H21N5O. The van der Waals surface area contributed by atoms with Crippen LogP contribution >= 0.6 is 0 Å². The summed E-state index contributed by atoms with van der Waals surface area (Å²) in [5.41, 5.74) is 2.82. The lowest BCUT2D eigenvalue weighted by molar-refractivity contribution is 0.0753. The van der Waals surface area contributed by atoms with Crippen molar-refractivity contribution in [1.29, 1.82) is 0 Å². The number of benzene rings is 2. The molecule has 0 atom stereocenters. The van der Waals surface area contributed by atoms with Gasteiger partial charge in [-0.15, -0.1) is 0 Å². The number of carbonyl (C=O) groups excluding carboxylic acids is 1. The third-order valence-corrected chi connectivity index (χ3v) is 5.39. The van der Waals surface area contributed by atoms with E-state index >= 15 is 0 Å². The van der Waals surface area contributed by atoms with Crippen LogP contribution in [-0.2, 0) is 13.1 Å². The second kappa shape index (κ2) is 7.39. The average molecular weight is 383 g/mol. The number of nitrogens with zero attached hydrogens (tertiary/aromatic N) is 4. The van der Waals surface area contributed by atoms with Crippen LogP contribution in [0.3, 0.4) is 0 Å². The summed E-state index contributed by atoms with van der Waals surface area (Å²) >= 11 is 0. The highest BCUT2D eigenvalue weighted by atomic mass is 16.2. The van der Waals surface area contributed by atoms with Crippen LogP contribution in [-0.4, -0.2) is 38.8 Å². The Bertz CT molecular complexity index is 1150. The molecule has 1 aliphatic heterocycles. The monoisotopic (exact) mass is 383 g/mol. The van der Waals surface area contributed by atoms with E-state index in [0.717, 1.165) is 33.4 Å². The van der Waals surface area contributed by atoms with Crippen molar-refractivity contribution in [1.82, 2.24) is 19.9 Å². The quantitative estimate of drug-likeness (QED) is 0.587. The molecule has 0 fully saturated rings. The molecule has 1 aliphatic rings. The van der Waals surface area contributed by atoms with Crippen LogP contribution in [0.1, 0.15) is 21.6 Å². The van der Waals surface area contributed by atoms with Crippen molar-refractivity contribution in [3.63, 3.8) is 0 Å². The molecule has 1 N–H and O–H groups in total. The maximum absolute atomic E-state index is 13.5. The summed E-state index contributed by atoms with van der Waals surface area (Å²) in [7, 11) is 0. The predicted octanol–water partition coefficient (Wildman–Crippen LogP) is 3.62. The lowest BCUT2D eigenvalue weighted by atomic mass is 10.0. The van der Waals surface area contributed by atoms with Gasteiger partial charge in [-0.3, -0.25) is 4.79 Å². The third-order valence-electron chi connectivity index (χ3n) is 5.39. The summed E-state index contributed by atoms with van der Waals surface area (Å²) < 4.78 is 0. The Kier molecular flexibility index (Phi) is 4.44. The molecule has 4 aromatic rings. The molecule has 0 unspecified atom stereocenters. The topological polar surface area (TPSA) is 65.1 Å². The summed E-state index contributed by atoms with van der Waals surface area (Å²) in [6.45, 7) is 2.57. The van der Waals surface area contributed by atoms with Crippen molar-refractivity contribution in [3.8, 4) is 0 Å². The largest absolute Gasteiger partial charge is 0.349 e. The summed E-state index contributed by atoms with van der Waals surface area (Å²) in [5.74, 6) is 0.982. The van der Waals surface area contributed by atoms with Crippen LogP contribution < -0.4 is 4.90 Å². The maximum Gasteiger partial charge on any atom is 0.254 e. The smallest absolute Gasteiger partial charge is 0.254 e. The molecule has 2 aromatic carbocycles. The maximum atomic E-state index is 13.5. The third kappa shape index (κ3) is 3.33. The van der Waals surface area contributed by atoms with Crippen LogP contribution in [0.15, 0.2) is 73.3 Å². The van der Waals surface area contributed by atoms with E-state index in [1.807, 2.05) is 59.6 Å². The number of aromatic amines is 1. The van der Waals surface area contributed by atoms with Gasteiger partial charge in [-0.2, -0.15) is 0 Å². The number of H-pyrrole nitrogens is 1. The van der Waals surface area contributed by atoms with E-state index in [2.05, 4.69) is 25.9 Å². The molecule has 0 spiro atoms. The fourth-order valence-corrected chi connectivity index (χ4v) is 3.96. The van der Waals surface area contributed by atoms with Gasteiger partial charge in [0.25, 0.3) is 5.91 Å². The van der Waals surface area contributed by atoms with Crippen molar-refractivity contribution < 1.29 is 4.79 Å². The normalized spacial score (nSPS) is 13.9. The summed E-state index contributed by atoms with van der Waals surface area (Å²) in [4.78, 5) is 29.5. The molecule has 0 aliphatic carbocycles. The zero-order valence-corrected chi connectivity index (χ0v) is 16.0. The number of nitrogens with one attached hydrogen (secondary N) is 1. The standard InChI is InChI=1S/C23H21N5O/c29-23(21-9-3-6-17-5-1-2-8-20(17)21)28-12-11-27(15-19-13-24-16-26-19)22-18(14-28)7-4-10-25-22/h1-10,13,16H,11-12,14-15H2,(H,24,26). The molecule has 144 valence electrons. The minimum Gasteiger partial charge on any atom is -0.349 e. The Labute approximate surface area is 168 Å². The zero-order valence-electron chi connectivity index (χ0n) is 16.0. The average Bonchev–Trinajstić information content (AvgIpc) is 3.21. The van der Waals surface area contributed by atoms with Crippen LogP contribution in [0.25, 0.3) is 10.8 Å². The molecule has 29 heavy (non-hydrogen) atoms. The van der Waals surface area contributed by atoms with Crippen LogP contribution in [0.5, 0.6) is 0 Å². The highest BCUT2D eigenvalue weighted by Gasteiger charge is 2.25. The van der Waals surface area contributed by atoms with Gasteiger partial charge in [-0.1, -0.05) is 42.5 Å². The molecule has 0 bridgehead atoms. The second-order valence-corrected chi connectivity index (χ2v) is 7.24. The van der Waals surface area contributed by atoms with Gasteiger partial charge in [-0.25, -0.2) is 9.97 Å². The first-order valence-corrected chi connectivity index (χ1v) is 9.73. The molecular weight excluding hydrogens is 362 g/mol. The Morgan fingerprint density at radius 1 is 1.03 bits per heavy atom. The van der Waals surface area contributed by atoms with Crippen molar-refractivity contribution in [2.75, 3.05) is 18.0 Å². The Morgan fingerprint density at radius 3 is 2.83 bits per heavy atom. The van der Waals surface area contributed by atoms with Gasteiger partial charge in [0.1, 0.15) is 5.82 Å². The van der Waals surface area contributed by atoms with E-state index in [4.69, 9.17) is 0 Å². The number of amides is 1. The highest BCUT2D eigenvalue weighted by Crippen LogP contribution is 2.26. The van der Waals surface area contributed by atoms with Crippen LogP contribution in [0.2, 0.25) is 0 Å². The molecule has 0 saturated carbocycles. The van der Waals surface area contributed by atoms with Crippen LogP contribution in [0.4, 0.5) is 5.82 Å². The molecule has 0 radical (unpaired) electrons. The lowest BCUT2D eigenvalue weighted by Crippen LogP contribution is -2.35. The molecule has 6 heteroatoms. The number of hydrogen-bond donors (Lipinski definition) is 1. The SMILES string of the molecule is O=C(c1cccc2ccccc12)N1CCN(Cc2cnc[nH]2)c2ncccc2C1. The predicted molar refractivity (Wildman–Crippen MR) is 113 cm³/mol. The van der Waals surface area contributed by atoms with Gasteiger partial charge in [0.05, 0.1) is 18.6 Å². The first-order chi connectivity index (χ1) is 14.3. The molecule has 2 aromatic heterocycles. The summed E-state index contributed by atoms with van der Waals surface area (Å²) in [6.07, 6.45) is 5.32. The number of pyridine rings is 1. The number of hydrogen-bond acceptors (Lipinski definition) is 4. The van der Waals surface area contributed by atoms with Crippen LogP contribution in [0, 0.1) is 0 Å². The van der Waals surface area contributed by atoms with E-state index in [0.29, 0.717) is 26.2 Å². The second-order valence-electron chi connectivity index (χ2n) is 7.24. The minimum absolute atomic E-state index is 0.0555. The number of anilines is 1. The number of imidazole rings is 1. The summed E-state index contributed by atoms with van der Waals surface area (Å²) in [6, 6.07) is 17.9. The van der Waals surface area contributed by atoms with E-state index in [1.165, 1.54) is 0 Å². The van der Waals surface area contributed by atoms with Crippen molar-refractivity contribution in [2.24, 2.45) is 0 Å². The summed E-state index contributed by atoms with van der Waals surface area (Å²) in [5, 5.41) is 2.07. The van der Waals surface area contributed by atoms with Crippen molar-refractivity contribution in [3.05, 3.63) is 90.1 Å². The number of carbonyl (C=O) groups is 1. The zero-order chi connectivity index (χ0) is 19.6. The fourth-order valence-electron chi connectivity index (χ4n) is 3.96. The first-order valence-electron chi connectivity index (χ1n) is 9.73. The van der Waals surface area contributed by atoms with Gasteiger partial charge < -0.3 is 14.8 Å².